The van der Waals surface area contributed by atoms with Crippen LogP contribution in [-0.2, 0) is 11.4 Å². The van der Waals surface area contributed by atoms with Crippen molar-refractivity contribution in [2.24, 2.45) is 0 Å². The minimum atomic E-state index is -0.421. The molecule has 0 aromatic heterocycles. The lowest BCUT2D eigenvalue weighted by Gasteiger charge is -2.14. The van der Waals surface area contributed by atoms with Crippen LogP contribution in [0, 0.1) is 12.3 Å². The number of hydrogen-bond donors (Lipinski definition) is 0. The monoisotopic (exact) mass is 525 g/mol. The molecule has 0 bridgehead atoms. The van der Waals surface area contributed by atoms with Crippen LogP contribution in [0.2, 0.25) is 10.0 Å². The van der Waals surface area contributed by atoms with E-state index in [0.29, 0.717) is 31.6 Å². The van der Waals surface area contributed by atoms with Crippen molar-refractivity contribution in [2.45, 2.75) is 6.61 Å². The molecule has 1 aliphatic heterocycles. The van der Waals surface area contributed by atoms with E-state index in [1.165, 1.54) is 7.11 Å². The number of terminal acetylenes is 1. The largest absolute Gasteiger partial charge is 0.493 e. The molecule has 2 aromatic rings. The molecule has 2 amide bonds. The molecule has 0 unspecified atom stereocenters. The molecule has 0 aliphatic carbocycles. The molecular weight excluding hydrogens is 513 g/mol. The van der Waals surface area contributed by atoms with Crippen LogP contribution in [-0.4, -0.2) is 29.7 Å². The van der Waals surface area contributed by atoms with E-state index in [1.54, 1.807) is 36.4 Å². The molecule has 1 saturated heterocycles. The molecule has 0 radical (unpaired) electrons. The van der Waals surface area contributed by atoms with Gasteiger partial charge in [-0.15, -0.1) is 6.42 Å². The Balaban J connectivity index is 1.85. The number of carbonyl (C=O) groups excluding carboxylic acids is 2. The van der Waals surface area contributed by atoms with E-state index in [0.717, 1.165) is 22.2 Å². The van der Waals surface area contributed by atoms with Gasteiger partial charge in [-0.1, -0.05) is 35.2 Å². The number of hydrogen-bond acceptors (Lipinski definition) is 5. The first-order chi connectivity index (χ1) is 14.3. The summed E-state index contributed by atoms with van der Waals surface area (Å²) in [6.45, 7) is 0.143. The first-order valence-electron chi connectivity index (χ1n) is 8.47. The normalized spacial score (nSPS) is 14.9. The van der Waals surface area contributed by atoms with Gasteiger partial charge < -0.3 is 9.47 Å². The summed E-state index contributed by atoms with van der Waals surface area (Å²) in [5.74, 6) is 2.81. The van der Waals surface area contributed by atoms with E-state index in [-0.39, 0.29) is 18.1 Å². The molecule has 0 atom stereocenters. The maximum Gasteiger partial charge on any atom is 0.294 e. The SMILES string of the molecule is C#CCN1C(=O)S/C(=C/c2cc(Br)c(OCc3ccc(Cl)cc3Cl)c(OC)c2)C1=O. The molecule has 1 aliphatic rings. The number of rotatable bonds is 6. The lowest BCUT2D eigenvalue weighted by atomic mass is 10.1. The highest BCUT2D eigenvalue weighted by molar-refractivity contribution is 9.10. The number of thioether (sulfide) groups is 1. The Morgan fingerprint density at radius 2 is 2.03 bits per heavy atom. The van der Waals surface area contributed by atoms with Gasteiger partial charge in [0.1, 0.15) is 6.61 Å². The number of halogens is 3. The van der Waals surface area contributed by atoms with Gasteiger partial charge in [-0.25, -0.2) is 0 Å². The fourth-order valence-corrected chi connectivity index (χ4v) is 4.51. The second kappa shape index (κ2) is 9.80. The Labute approximate surface area is 196 Å². The summed E-state index contributed by atoms with van der Waals surface area (Å²) in [5, 5.41) is 0.644. The lowest BCUT2D eigenvalue weighted by molar-refractivity contribution is -0.122. The molecule has 0 N–H and O–H groups in total. The van der Waals surface area contributed by atoms with Crippen molar-refractivity contribution < 1.29 is 19.1 Å². The standard InChI is InChI=1S/C21H14BrCl2NO4S/c1-3-6-25-20(26)18(30-21(25)27)9-12-7-15(22)19(17(8-12)28-2)29-11-13-4-5-14(23)10-16(13)24/h1,4-5,7-10H,6,11H2,2H3/b18-9+. The quantitative estimate of drug-likeness (QED) is 0.340. The maximum absolute atomic E-state index is 12.4. The van der Waals surface area contributed by atoms with E-state index >= 15 is 0 Å². The summed E-state index contributed by atoms with van der Waals surface area (Å²) >= 11 is 16.4. The van der Waals surface area contributed by atoms with Crippen molar-refractivity contribution in [3.05, 3.63) is 60.9 Å². The van der Waals surface area contributed by atoms with Crippen LogP contribution < -0.4 is 9.47 Å². The van der Waals surface area contributed by atoms with Crippen LogP contribution in [0.1, 0.15) is 11.1 Å². The average Bonchev–Trinajstić information content (AvgIpc) is 2.95. The predicted octanol–water partition coefficient (Wildman–Crippen LogP) is 6.01. The Morgan fingerprint density at radius 1 is 1.27 bits per heavy atom. The van der Waals surface area contributed by atoms with Gasteiger partial charge >= 0.3 is 0 Å². The third-order valence-electron chi connectivity index (χ3n) is 4.06. The minimum absolute atomic E-state index is 0.0605. The number of benzene rings is 2. The summed E-state index contributed by atoms with van der Waals surface area (Å²) in [5.41, 5.74) is 1.42. The summed E-state index contributed by atoms with van der Waals surface area (Å²) in [6, 6.07) is 8.63. The van der Waals surface area contributed by atoms with E-state index in [1.807, 2.05) is 0 Å². The summed E-state index contributed by atoms with van der Waals surface area (Å²) < 4.78 is 12.0. The molecule has 30 heavy (non-hydrogen) atoms. The van der Waals surface area contributed by atoms with Crippen molar-refractivity contribution in [1.82, 2.24) is 4.90 Å². The Bertz CT molecular complexity index is 1100. The zero-order valence-corrected chi connectivity index (χ0v) is 19.5. The highest BCUT2D eigenvalue weighted by atomic mass is 79.9. The van der Waals surface area contributed by atoms with Crippen molar-refractivity contribution in [1.29, 1.82) is 0 Å². The topological polar surface area (TPSA) is 55.8 Å². The second-order valence-corrected chi connectivity index (χ2v) is 8.72. The average molecular weight is 527 g/mol. The van der Waals surface area contributed by atoms with Crippen molar-refractivity contribution >= 4 is 68.1 Å². The molecular formula is C21H14BrCl2NO4S. The number of imide groups is 1. The van der Waals surface area contributed by atoms with Crippen LogP contribution in [0.3, 0.4) is 0 Å². The van der Waals surface area contributed by atoms with Gasteiger partial charge in [0.25, 0.3) is 11.1 Å². The summed E-state index contributed by atoms with van der Waals surface area (Å²) in [6.07, 6.45) is 6.82. The molecule has 5 nitrogen and oxygen atoms in total. The highest BCUT2D eigenvalue weighted by Crippen LogP contribution is 2.39. The van der Waals surface area contributed by atoms with Crippen molar-refractivity contribution in [2.75, 3.05) is 13.7 Å². The fraction of sp³-hybridized carbons (Fsp3) is 0.143. The molecule has 3 rings (SSSR count). The van der Waals surface area contributed by atoms with E-state index in [2.05, 4.69) is 21.9 Å². The molecule has 2 aromatic carbocycles. The van der Waals surface area contributed by atoms with Gasteiger partial charge in [-0.3, -0.25) is 14.5 Å². The van der Waals surface area contributed by atoms with Gasteiger partial charge in [0.05, 0.1) is 23.0 Å². The first-order valence-corrected chi connectivity index (χ1v) is 10.8. The zero-order valence-electron chi connectivity index (χ0n) is 15.6. The van der Waals surface area contributed by atoms with Crippen LogP contribution in [0.15, 0.2) is 39.7 Å². The van der Waals surface area contributed by atoms with Crippen molar-refractivity contribution in [3.63, 3.8) is 0 Å². The molecule has 1 heterocycles. The number of amides is 2. The zero-order chi connectivity index (χ0) is 21.8. The molecule has 1 fully saturated rings. The number of nitrogens with zero attached hydrogens (tertiary/aromatic N) is 1. The van der Waals surface area contributed by atoms with Crippen molar-refractivity contribution in [3.8, 4) is 23.8 Å². The first kappa shape index (κ1) is 22.6. The van der Waals surface area contributed by atoms with Gasteiger partial charge in [-0.05, 0) is 63.6 Å². The predicted molar refractivity (Wildman–Crippen MR) is 123 cm³/mol. The van der Waals surface area contributed by atoms with E-state index in [9.17, 15) is 9.59 Å². The molecule has 9 heteroatoms. The fourth-order valence-electron chi connectivity index (χ4n) is 2.63. The molecule has 154 valence electrons. The second-order valence-electron chi connectivity index (χ2n) is 6.03. The van der Waals surface area contributed by atoms with Crippen LogP contribution >= 0.6 is 50.9 Å². The van der Waals surface area contributed by atoms with Gasteiger partial charge in [0.2, 0.25) is 0 Å². The minimum Gasteiger partial charge on any atom is -0.493 e. The van der Waals surface area contributed by atoms with Gasteiger partial charge in [0, 0.05) is 15.6 Å². The third kappa shape index (κ3) is 4.96. The summed E-state index contributed by atoms with van der Waals surface area (Å²) in [7, 11) is 1.51. The Hall–Kier alpha value is -2.11. The van der Waals surface area contributed by atoms with Crippen LogP contribution in [0.25, 0.3) is 6.08 Å². The summed E-state index contributed by atoms with van der Waals surface area (Å²) in [4.78, 5) is 25.6. The van der Waals surface area contributed by atoms with Gasteiger partial charge in [-0.2, -0.15) is 0 Å². The lowest BCUT2D eigenvalue weighted by Crippen LogP contribution is -2.28. The molecule has 0 spiro atoms. The maximum atomic E-state index is 12.4. The third-order valence-corrected chi connectivity index (χ3v) is 6.14. The number of methoxy groups -OCH3 is 1. The van der Waals surface area contributed by atoms with Crippen LogP contribution in [0.4, 0.5) is 4.79 Å². The molecule has 0 saturated carbocycles. The smallest absolute Gasteiger partial charge is 0.294 e. The van der Waals surface area contributed by atoms with Gasteiger partial charge in [0.15, 0.2) is 11.5 Å². The van der Waals surface area contributed by atoms with E-state index < -0.39 is 11.1 Å². The van der Waals surface area contributed by atoms with Crippen LogP contribution in [0.5, 0.6) is 11.5 Å². The Morgan fingerprint density at radius 3 is 2.70 bits per heavy atom. The number of ether oxygens (including phenoxy) is 2. The van der Waals surface area contributed by atoms with E-state index in [4.69, 9.17) is 39.1 Å². The number of carbonyl (C=O) groups is 2. The Kier molecular flexibility index (Phi) is 7.37. The highest BCUT2D eigenvalue weighted by Gasteiger charge is 2.34.